The van der Waals surface area contributed by atoms with Crippen LogP contribution >= 0.6 is 34.5 Å². The van der Waals surface area contributed by atoms with Gasteiger partial charge < -0.3 is 0 Å². The van der Waals surface area contributed by atoms with Crippen LogP contribution in [0.3, 0.4) is 0 Å². The first-order valence-corrected chi connectivity index (χ1v) is 9.02. The molecule has 1 amide bonds. The maximum Gasteiger partial charge on any atom is 0.281 e. The van der Waals surface area contributed by atoms with Crippen molar-refractivity contribution in [2.75, 3.05) is 0 Å². The summed E-state index contributed by atoms with van der Waals surface area (Å²) >= 11 is 13.6. The zero-order valence-corrected chi connectivity index (χ0v) is 15.6. The molecule has 1 N–H and O–H groups in total. The van der Waals surface area contributed by atoms with Crippen molar-refractivity contribution in [3.05, 3.63) is 73.7 Å². The Balaban J connectivity index is 1.72. The number of amides is 1. The van der Waals surface area contributed by atoms with Gasteiger partial charge in [0.2, 0.25) is 0 Å². The fourth-order valence-electron chi connectivity index (χ4n) is 2.20. The van der Waals surface area contributed by atoms with E-state index in [-0.39, 0.29) is 5.91 Å². The zero-order chi connectivity index (χ0) is 17.8. The van der Waals surface area contributed by atoms with E-state index in [0.29, 0.717) is 27.2 Å². The standard InChI is InChI=1S/C17H14Cl2N4OS/c1-11-14(9-20-21-17(24)15-3-2-8-25-15)16(19)23(22-11)10-12-4-6-13(18)7-5-12/h2-9H,10H2,1H3,(H,21,24)/b20-9+. The summed E-state index contributed by atoms with van der Waals surface area (Å²) in [7, 11) is 0. The highest BCUT2D eigenvalue weighted by atomic mass is 35.5. The van der Waals surface area contributed by atoms with Crippen molar-refractivity contribution in [1.82, 2.24) is 15.2 Å². The number of thiophene rings is 1. The molecule has 2 heterocycles. The fourth-order valence-corrected chi connectivity index (χ4v) is 3.22. The average molecular weight is 393 g/mol. The molecule has 3 rings (SSSR count). The van der Waals surface area contributed by atoms with Crippen LogP contribution in [-0.2, 0) is 6.54 Å². The van der Waals surface area contributed by atoms with Crippen molar-refractivity contribution in [1.29, 1.82) is 0 Å². The lowest BCUT2D eigenvalue weighted by Crippen LogP contribution is -2.16. The number of nitrogens with one attached hydrogen (secondary N) is 1. The van der Waals surface area contributed by atoms with Crippen LogP contribution in [0.2, 0.25) is 10.2 Å². The molecule has 5 nitrogen and oxygen atoms in total. The van der Waals surface area contributed by atoms with E-state index in [9.17, 15) is 4.79 Å². The van der Waals surface area contributed by atoms with Crippen molar-refractivity contribution < 1.29 is 4.79 Å². The zero-order valence-electron chi connectivity index (χ0n) is 13.2. The van der Waals surface area contributed by atoms with Gasteiger partial charge in [-0.3, -0.25) is 4.79 Å². The largest absolute Gasteiger partial charge is 0.281 e. The van der Waals surface area contributed by atoms with Gasteiger partial charge in [0.1, 0.15) is 5.15 Å². The molecule has 0 radical (unpaired) electrons. The second kappa shape index (κ2) is 7.82. The Morgan fingerprint density at radius 1 is 1.32 bits per heavy atom. The van der Waals surface area contributed by atoms with Gasteiger partial charge in [0.05, 0.1) is 28.9 Å². The normalized spacial score (nSPS) is 11.2. The van der Waals surface area contributed by atoms with Crippen LogP contribution < -0.4 is 5.43 Å². The van der Waals surface area contributed by atoms with Crippen LogP contribution in [0.4, 0.5) is 0 Å². The van der Waals surface area contributed by atoms with Gasteiger partial charge in [-0.25, -0.2) is 10.1 Å². The summed E-state index contributed by atoms with van der Waals surface area (Å²) in [5.74, 6) is -0.256. The minimum absolute atomic E-state index is 0.256. The van der Waals surface area contributed by atoms with E-state index in [1.807, 2.05) is 42.6 Å². The van der Waals surface area contributed by atoms with E-state index in [1.165, 1.54) is 17.6 Å². The van der Waals surface area contributed by atoms with Crippen LogP contribution in [0.15, 0.2) is 46.9 Å². The predicted octanol–water partition coefficient (Wildman–Crippen LogP) is 4.37. The summed E-state index contributed by atoms with van der Waals surface area (Å²) in [6.07, 6.45) is 1.51. The molecule has 0 saturated heterocycles. The number of hydrogen-bond acceptors (Lipinski definition) is 4. The Bertz CT molecular complexity index is 902. The quantitative estimate of drug-likeness (QED) is 0.517. The number of carbonyl (C=O) groups is 1. The van der Waals surface area contributed by atoms with Crippen LogP contribution in [0.25, 0.3) is 0 Å². The van der Waals surface area contributed by atoms with Gasteiger partial charge in [-0.2, -0.15) is 10.2 Å². The first-order chi connectivity index (χ1) is 12.0. The van der Waals surface area contributed by atoms with Gasteiger partial charge in [0, 0.05) is 5.02 Å². The monoisotopic (exact) mass is 392 g/mol. The molecule has 0 spiro atoms. The molecule has 0 fully saturated rings. The Hall–Kier alpha value is -2.15. The summed E-state index contributed by atoms with van der Waals surface area (Å²) in [4.78, 5) is 12.5. The first kappa shape index (κ1) is 17.7. The second-order valence-corrected chi connectivity index (χ2v) is 6.99. The molecule has 1 aromatic carbocycles. The summed E-state index contributed by atoms with van der Waals surface area (Å²) in [5.41, 5.74) is 4.91. The molecule has 0 aliphatic rings. The molecule has 0 saturated carbocycles. The van der Waals surface area contributed by atoms with Gasteiger partial charge in [-0.15, -0.1) is 11.3 Å². The molecule has 0 bridgehead atoms. The molecule has 25 heavy (non-hydrogen) atoms. The van der Waals surface area contributed by atoms with Crippen molar-refractivity contribution in [2.24, 2.45) is 5.10 Å². The smallest absolute Gasteiger partial charge is 0.266 e. The highest BCUT2D eigenvalue weighted by Gasteiger charge is 2.12. The topological polar surface area (TPSA) is 59.3 Å². The van der Waals surface area contributed by atoms with Gasteiger partial charge in [0.25, 0.3) is 5.91 Å². The van der Waals surface area contributed by atoms with Crippen molar-refractivity contribution in [3.8, 4) is 0 Å². The molecule has 0 aliphatic carbocycles. The van der Waals surface area contributed by atoms with Crippen LogP contribution in [0.1, 0.15) is 26.5 Å². The Morgan fingerprint density at radius 2 is 2.08 bits per heavy atom. The maximum atomic E-state index is 11.9. The molecule has 3 aromatic rings. The molecule has 8 heteroatoms. The maximum absolute atomic E-state index is 11.9. The van der Waals surface area contributed by atoms with Crippen LogP contribution in [0, 0.1) is 6.92 Å². The van der Waals surface area contributed by atoms with Gasteiger partial charge in [-0.05, 0) is 36.1 Å². The number of hydrazone groups is 1. The highest BCUT2D eigenvalue weighted by Crippen LogP contribution is 2.20. The third-order valence-corrected chi connectivity index (χ3v) is 4.98. The number of aryl methyl sites for hydroxylation is 1. The SMILES string of the molecule is Cc1nn(Cc2ccc(Cl)cc2)c(Cl)c1/C=N/NC(=O)c1cccs1. The minimum atomic E-state index is -0.256. The van der Waals surface area contributed by atoms with Crippen LogP contribution in [0.5, 0.6) is 0 Å². The summed E-state index contributed by atoms with van der Waals surface area (Å²) in [6.45, 7) is 2.36. The van der Waals surface area contributed by atoms with E-state index in [4.69, 9.17) is 23.2 Å². The Morgan fingerprint density at radius 3 is 2.76 bits per heavy atom. The number of carbonyl (C=O) groups excluding carboxylic acids is 1. The minimum Gasteiger partial charge on any atom is -0.266 e. The molecule has 2 aromatic heterocycles. The van der Waals surface area contributed by atoms with E-state index in [1.54, 1.807) is 10.7 Å². The third kappa shape index (κ3) is 4.28. The lowest BCUT2D eigenvalue weighted by molar-refractivity contribution is 0.0959. The molecule has 128 valence electrons. The number of nitrogens with zero attached hydrogens (tertiary/aromatic N) is 3. The number of benzene rings is 1. The molecular formula is C17H14Cl2N4OS. The van der Waals surface area contributed by atoms with E-state index < -0.39 is 0 Å². The van der Waals surface area contributed by atoms with Crippen molar-refractivity contribution >= 4 is 46.7 Å². The van der Waals surface area contributed by atoms with Gasteiger partial charge in [-0.1, -0.05) is 41.4 Å². The first-order valence-electron chi connectivity index (χ1n) is 7.39. The molecule has 0 aliphatic heterocycles. The Kier molecular flexibility index (Phi) is 5.53. The van der Waals surface area contributed by atoms with Gasteiger partial charge in [0.15, 0.2) is 0 Å². The number of hydrogen-bond donors (Lipinski definition) is 1. The Labute approximate surface area is 158 Å². The highest BCUT2D eigenvalue weighted by molar-refractivity contribution is 7.12. The number of aromatic nitrogens is 2. The summed E-state index contributed by atoms with van der Waals surface area (Å²) in [5, 5.41) is 11.4. The van der Waals surface area contributed by atoms with E-state index in [0.717, 1.165) is 11.3 Å². The second-order valence-electron chi connectivity index (χ2n) is 5.25. The summed E-state index contributed by atoms with van der Waals surface area (Å²) < 4.78 is 1.68. The lowest BCUT2D eigenvalue weighted by atomic mass is 10.2. The summed E-state index contributed by atoms with van der Waals surface area (Å²) in [6, 6.07) is 11.0. The van der Waals surface area contributed by atoms with E-state index in [2.05, 4.69) is 15.6 Å². The van der Waals surface area contributed by atoms with Crippen LogP contribution in [-0.4, -0.2) is 21.9 Å². The van der Waals surface area contributed by atoms with Crippen molar-refractivity contribution in [2.45, 2.75) is 13.5 Å². The third-order valence-electron chi connectivity index (χ3n) is 3.46. The fraction of sp³-hybridized carbons (Fsp3) is 0.118. The van der Waals surface area contributed by atoms with Crippen molar-refractivity contribution in [3.63, 3.8) is 0 Å². The number of halogens is 2. The predicted molar refractivity (Wildman–Crippen MR) is 102 cm³/mol. The number of rotatable bonds is 5. The van der Waals surface area contributed by atoms with E-state index >= 15 is 0 Å². The lowest BCUT2D eigenvalue weighted by Gasteiger charge is -2.03. The molecule has 0 atom stereocenters. The average Bonchev–Trinajstić information content (AvgIpc) is 3.21. The molecular weight excluding hydrogens is 379 g/mol. The molecule has 0 unspecified atom stereocenters. The van der Waals surface area contributed by atoms with Gasteiger partial charge >= 0.3 is 0 Å².